The van der Waals surface area contributed by atoms with Crippen molar-refractivity contribution in [3.05, 3.63) is 90.1 Å². The smallest absolute Gasteiger partial charge is 0.0139 e. The summed E-state index contributed by atoms with van der Waals surface area (Å²) in [4.78, 5) is 0. The molecule has 0 aromatic heterocycles. The molecule has 0 nitrogen and oxygen atoms in total. The van der Waals surface area contributed by atoms with Crippen molar-refractivity contribution in [1.82, 2.24) is 0 Å². The van der Waals surface area contributed by atoms with Gasteiger partial charge in [-0.3, -0.25) is 0 Å². The second kappa shape index (κ2) is 6.61. The summed E-state index contributed by atoms with van der Waals surface area (Å²) in [6.45, 7) is 2.13. The maximum absolute atomic E-state index is 2.26. The van der Waals surface area contributed by atoms with E-state index in [1.807, 2.05) is 18.2 Å². The molecular weight excluding hydrogens is 216 g/mol. The lowest BCUT2D eigenvalue weighted by molar-refractivity contribution is 1.07. The Balaban J connectivity index is 1.89. The van der Waals surface area contributed by atoms with Gasteiger partial charge in [0.2, 0.25) is 0 Å². The summed E-state index contributed by atoms with van der Waals surface area (Å²) >= 11 is 0. The lowest BCUT2D eigenvalue weighted by atomic mass is 10.1. The quantitative estimate of drug-likeness (QED) is 0.647. The van der Waals surface area contributed by atoms with Crippen LogP contribution in [0.4, 0.5) is 0 Å². The van der Waals surface area contributed by atoms with Crippen molar-refractivity contribution < 1.29 is 0 Å². The molecule has 90 valence electrons. The first-order valence-electron chi connectivity index (χ1n) is 6.28. The van der Waals surface area contributed by atoms with Gasteiger partial charge in [-0.05, 0) is 12.5 Å². The molecule has 0 N–H and O–H groups in total. The minimum atomic E-state index is 0.466. The molecule has 1 aromatic carbocycles. The van der Waals surface area contributed by atoms with Crippen molar-refractivity contribution in [2.75, 3.05) is 0 Å². The second-order valence-corrected chi connectivity index (χ2v) is 4.39. The van der Waals surface area contributed by atoms with E-state index in [1.54, 1.807) is 0 Å². The Morgan fingerprint density at radius 1 is 1.00 bits per heavy atom. The second-order valence-electron chi connectivity index (χ2n) is 4.39. The highest BCUT2D eigenvalue weighted by Crippen LogP contribution is 2.13. The molecule has 1 aromatic rings. The van der Waals surface area contributed by atoms with Crippen molar-refractivity contribution in [3.8, 4) is 0 Å². The third-order valence-corrected chi connectivity index (χ3v) is 2.79. The predicted molar refractivity (Wildman–Crippen MR) is 80.1 cm³/mol. The Morgan fingerprint density at radius 2 is 1.72 bits per heavy atom. The van der Waals surface area contributed by atoms with Crippen LogP contribution in [0.5, 0.6) is 0 Å². The van der Waals surface area contributed by atoms with Crippen LogP contribution in [0.1, 0.15) is 12.5 Å². The highest BCUT2D eigenvalue weighted by Gasteiger charge is 1.97. The molecule has 0 heterocycles. The van der Waals surface area contributed by atoms with Gasteiger partial charge in [-0.15, -0.1) is 0 Å². The van der Waals surface area contributed by atoms with Gasteiger partial charge in [-0.25, -0.2) is 0 Å². The molecule has 1 aliphatic carbocycles. The number of benzene rings is 1. The largest absolute Gasteiger partial charge is 0.0738 e. The van der Waals surface area contributed by atoms with Gasteiger partial charge in [0.25, 0.3) is 0 Å². The van der Waals surface area contributed by atoms with E-state index >= 15 is 0 Å². The molecule has 0 saturated heterocycles. The van der Waals surface area contributed by atoms with Crippen molar-refractivity contribution in [2.45, 2.75) is 6.92 Å². The summed E-state index contributed by atoms with van der Waals surface area (Å²) in [5.41, 5.74) is 2.51. The van der Waals surface area contributed by atoms with E-state index in [4.69, 9.17) is 0 Å². The molecule has 0 saturated carbocycles. The van der Waals surface area contributed by atoms with E-state index in [9.17, 15) is 0 Å². The fourth-order valence-electron chi connectivity index (χ4n) is 1.86. The first-order chi connectivity index (χ1) is 8.84. The minimum Gasteiger partial charge on any atom is -0.0738 e. The average Bonchev–Trinajstić information content (AvgIpc) is 2.89. The molecule has 18 heavy (non-hydrogen) atoms. The lowest BCUT2D eigenvalue weighted by Gasteiger charge is -1.97. The Kier molecular flexibility index (Phi) is 4.54. The molecular formula is C18H18. The third kappa shape index (κ3) is 4.06. The molecule has 2 rings (SSSR count). The van der Waals surface area contributed by atoms with Gasteiger partial charge in [0.05, 0.1) is 0 Å². The molecule has 1 aliphatic rings. The molecule has 0 bridgehead atoms. The van der Waals surface area contributed by atoms with Crippen LogP contribution in [0.3, 0.4) is 0 Å². The molecule has 0 heteroatoms. The van der Waals surface area contributed by atoms with Gasteiger partial charge >= 0.3 is 0 Å². The average molecular weight is 234 g/mol. The Hall–Kier alpha value is -2.08. The fourth-order valence-corrected chi connectivity index (χ4v) is 1.86. The number of allylic oxidation sites excluding steroid dienone is 9. The summed E-state index contributed by atoms with van der Waals surface area (Å²) in [5, 5.41) is 0. The Labute approximate surface area is 109 Å². The van der Waals surface area contributed by atoms with E-state index < -0.39 is 0 Å². The van der Waals surface area contributed by atoms with Gasteiger partial charge in [-0.1, -0.05) is 90.6 Å². The fraction of sp³-hybridized carbons (Fsp3) is 0.111. The van der Waals surface area contributed by atoms with Crippen LogP contribution in [0.2, 0.25) is 0 Å². The number of rotatable bonds is 4. The van der Waals surface area contributed by atoms with Crippen LogP contribution in [0, 0.1) is 5.92 Å². The number of hydrogen-bond donors (Lipinski definition) is 0. The summed E-state index contributed by atoms with van der Waals surface area (Å²) in [7, 11) is 0. The maximum atomic E-state index is 2.26. The van der Waals surface area contributed by atoms with E-state index in [0.29, 0.717) is 5.92 Å². The topological polar surface area (TPSA) is 0 Å². The third-order valence-electron chi connectivity index (χ3n) is 2.79. The highest BCUT2D eigenvalue weighted by atomic mass is 14.0. The van der Waals surface area contributed by atoms with Gasteiger partial charge in [0.15, 0.2) is 0 Å². The van der Waals surface area contributed by atoms with Crippen molar-refractivity contribution >= 4 is 6.08 Å². The van der Waals surface area contributed by atoms with Crippen LogP contribution < -0.4 is 0 Å². The summed E-state index contributed by atoms with van der Waals surface area (Å²) in [5.74, 6) is 0.466. The van der Waals surface area contributed by atoms with Gasteiger partial charge in [0.1, 0.15) is 0 Å². The van der Waals surface area contributed by atoms with Gasteiger partial charge in [0, 0.05) is 5.92 Å². The zero-order chi connectivity index (χ0) is 12.6. The monoisotopic (exact) mass is 234 g/mol. The van der Waals surface area contributed by atoms with E-state index in [2.05, 4.69) is 73.7 Å². The lowest BCUT2D eigenvalue weighted by Crippen LogP contribution is -1.82. The number of hydrogen-bond acceptors (Lipinski definition) is 0. The SMILES string of the molecule is CC(/C=C/C=C/c1ccccc1)=C\C1C=CC=C1. The van der Waals surface area contributed by atoms with Crippen LogP contribution in [0.15, 0.2) is 84.5 Å². The van der Waals surface area contributed by atoms with Crippen molar-refractivity contribution in [2.24, 2.45) is 5.92 Å². The predicted octanol–water partition coefficient (Wildman–Crippen LogP) is 4.94. The van der Waals surface area contributed by atoms with Crippen molar-refractivity contribution in [1.29, 1.82) is 0 Å². The van der Waals surface area contributed by atoms with Gasteiger partial charge in [-0.2, -0.15) is 0 Å². The zero-order valence-corrected chi connectivity index (χ0v) is 10.7. The maximum Gasteiger partial charge on any atom is 0.0139 e. The molecule has 0 unspecified atom stereocenters. The summed E-state index contributed by atoms with van der Waals surface area (Å²) in [6.07, 6.45) is 19.2. The standard InChI is InChI=1S/C18H18/c1-16(15-18-13-7-8-14-18)9-5-6-12-17-10-3-2-4-11-17/h2-15,18H,1H3/b9-5+,12-6+,16-15+. The van der Waals surface area contributed by atoms with Crippen LogP contribution >= 0.6 is 0 Å². The van der Waals surface area contributed by atoms with E-state index in [-0.39, 0.29) is 0 Å². The molecule has 0 radical (unpaired) electrons. The Morgan fingerprint density at radius 3 is 2.44 bits per heavy atom. The molecule has 0 aliphatic heterocycles. The first-order valence-corrected chi connectivity index (χ1v) is 6.28. The normalized spacial score (nSPS) is 16.4. The molecule has 0 amide bonds. The molecule has 0 atom stereocenters. The first kappa shape index (κ1) is 12.4. The molecule has 0 fully saturated rings. The van der Waals surface area contributed by atoms with Crippen LogP contribution in [-0.4, -0.2) is 0 Å². The highest BCUT2D eigenvalue weighted by molar-refractivity contribution is 5.51. The van der Waals surface area contributed by atoms with Crippen LogP contribution in [-0.2, 0) is 0 Å². The molecule has 0 spiro atoms. The Bertz CT molecular complexity index is 498. The summed E-state index contributed by atoms with van der Waals surface area (Å²) in [6, 6.07) is 10.3. The van der Waals surface area contributed by atoms with Crippen molar-refractivity contribution in [3.63, 3.8) is 0 Å². The minimum absolute atomic E-state index is 0.466. The van der Waals surface area contributed by atoms with Crippen LogP contribution in [0.25, 0.3) is 6.08 Å². The van der Waals surface area contributed by atoms with E-state index in [0.717, 1.165) is 0 Å². The zero-order valence-electron chi connectivity index (χ0n) is 10.7. The van der Waals surface area contributed by atoms with Gasteiger partial charge < -0.3 is 0 Å². The summed E-state index contributed by atoms with van der Waals surface area (Å²) < 4.78 is 0. The van der Waals surface area contributed by atoms with E-state index in [1.165, 1.54) is 11.1 Å².